The fourth-order valence-electron chi connectivity index (χ4n) is 5.23. The molecule has 2 aliphatic carbocycles. The molecule has 5 rings (SSSR count). The molecular formula is C19H25NO5S. The van der Waals surface area contributed by atoms with Crippen molar-refractivity contribution in [3.05, 3.63) is 29.8 Å². The number of sulfone groups is 1. The van der Waals surface area contributed by atoms with Gasteiger partial charge in [-0.15, -0.1) is 0 Å². The Morgan fingerprint density at radius 3 is 2.31 bits per heavy atom. The maximum atomic E-state index is 13.5. The molecule has 4 bridgehead atoms. The highest BCUT2D eigenvalue weighted by Crippen LogP contribution is 2.74. The number of carbonyl (C=O) groups is 1. The van der Waals surface area contributed by atoms with Crippen molar-refractivity contribution in [3.8, 4) is 0 Å². The van der Waals surface area contributed by atoms with Gasteiger partial charge in [0.25, 0.3) is 0 Å². The molecule has 1 aromatic rings. The van der Waals surface area contributed by atoms with Gasteiger partial charge < -0.3 is 9.84 Å². The summed E-state index contributed by atoms with van der Waals surface area (Å²) in [6.45, 7) is 9.04. The van der Waals surface area contributed by atoms with Crippen LogP contribution in [0.5, 0.6) is 0 Å². The van der Waals surface area contributed by atoms with E-state index in [1.165, 1.54) is 4.90 Å². The van der Waals surface area contributed by atoms with Crippen LogP contribution < -0.4 is 0 Å². The normalized spacial score (nSPS) is 37.8. The highest BCUT2D eigenvalue weighted by Gasteiger charge is 2.92. The van der Waals surface area contributed by atoms with Gasteiger partial charge in [0.2, 0.25) is 0 Å². The van der Waals surface area contributed by atoms with Crippen molar-refractivity contribution in [3.63, 3.8) is 0 Å². The molecule has 6 nitrogen and oxygen atoms in total. The average Bonchev–Trinajstić information content (AvgIpc) is 2.92. The van der Waals surface area contributed by atoms with E-state index >= 15 is 0 Å². The Morgan fingerprint density at radius 1 is 1.23 bits per heavy atom. The highest BCUT2D eigenvalue weighted by molar-refractivity contribution is 7.93. The number of ether oxygens (including phenoxy) is 1. The number of aryl methyl sites for hydroxylation is 1. The standard InChI is InChI=1S/C19H25NO5S/c1-10-6-8-12(9-7-10)26(23,24)19-11(2)14-15(21)13(19)16(19)20(14)17(22)25-18(3,4)5/h6-9,11,13-16,21H,1-5H3. The maximum Gasteiger partial charge on any atom is 0.410 e. The summed E-state index contributed by atoms with van der Waals surface area (Å²) in [7, 11) is -3.69. The molecule has 1 N–H and O–H groups in total. The monoisotopic (exact) mass is 379 g/mol. The summed E-state index contributed by atoms with van der Waals surface area (Å²) in [4.78, 5) is 14.4. The molecule has 2 saturated carbocycles. The number of rotatable bonds is 2. The third-order valence-corrected chi connectivity index (χ3v) is 8.89. The van der Waals surface area contributed by atoms with Crippen LogP contribution in [-0.2, 0) is 14.6 Å². The molecule has 26 heavy (non-hydrogen) atoms. The smallest absolute Gasteiger partial charge is 0.410 e. The van der Waals surface area contributed by atoms with Gasteiger partial charge in [-0.05, 0) is 39.8 Å². The van der Waals surface area contributed by atoms with Gasteiger partial charge in [-0.25, -0.2) is 13.2 Å². The minimum absolute atomic E-state index is 0.251. The Labute approximate surface area is 154 Å². The zero-order valence-corrected chi connectivity index (χ0v) is 16.4. The molecule has 0 radical (unpaired) electrons. The fourth-order valence-corrected chi connectivity index (χ4v) is 7.90. The van der Waals surface area contributed by atoms with E-state index in [0.717, 1.165) is 5.56 Å². The zero-order chi connectivity index (χ0) is 19.2. The van der Waals surface area contributed by atoms with Crippen LogP contribution in [0.2, 0.25) is 0 Å². The molecule has 6 atom stereocenters. The van der Waals surface area contributed by atoms with E-state index in [4.69, 9.17) is 4.74 Å². The molecule has 0 aromatic heterocycles. The second kappa shape index (κ2) is 5.01. The van der Waals surface area contributed by atoms with Crippen LogP contribution >= 0.6 is 0 Å². The molecule has 0 spiro atoms. The first kappa shape index (κ1) is 17.8. The molecule has 4 aliphatic rings. The van der Waals surface area contributed by atoms with Crippen LogP contribution in [0.4, 0.5) is 4.79 Å². The summed E-state index contributed by atoms with van der Waals surface area (Å²) >= 11 is 0. The summed E-state index contributed by atoms with van der Waals surface area (Å²) in [6, 6.07) is 5.74. The summed E-state index contributed by atoms with van der Waals surface area (Å²) in [6.07, 6.45) is -1.37. The molecule has 4 fully saturated rings. The quantitative estimate of drug-likeness (QED) is 0.851. The van der Waals surface area contributed by atoms with Gasteiger partial charge >= 0.3 is 6.09 Å². The first-order chi connectivity index (χ1) is 11.9. The summed E-state index contributed by atoms with van der Waals surface area (Å²) in [5.74, 6) is -0.785. The number of aliphatic hydroxyl groups is 1. The molecule has 2 saturated heterocycles. The molecule has 6 unspecified atom stereocenters. The van der Waals surface area contributed by atoms with E-state index in [2.05, 4.69) is 0 Å². The van der Waals surface area contributed by atoms with Gasteiger partial charge in [0.05, 0.1) is 23.1 Å². The number of nitrogens with zero attached hydrogens (tertiary/aromatic N) is 1. The van der Waals surface area contributed by atoms with E-state index < -0.39 is 50.4 Å². The lowest BCUT2D eigenvalue weighted by molar-refractivity contribution is 0.0139. The van der Waals surface area contributed by atoms with Crippen molar-refractivity contribution >= 4 is 15.9 Å². The number of hydrogen-bond donors (Lipinski definition) is 1. The lowest BCUT2D eigenvalue weighted by Gasteiger charge is -2.28. The predicted octanol–water partition coefficient (Wildman–Crippen LogP) is 2.14. The van der Waals surface area contributed by atoms with E-state index in [1.54, 1.807) is 45.0 Å². The van der Waals surface area contributed by atoms with Crippen molar-refractivity contribution in [2.24, 2.45) is 11.8 Å². The fraction of sp³-hybridized carbons (Fsp3) is 0.632. The van der Waals surface area contributed by atoms with Crippen LogP contribution in [0.3, 0.4) is 0 Å². The SMILES string of the molecule is Cc1ccc(S(=O)(=O)C23C(C)C4C(O)C2C3N4C(=O)OC(C)(C)C)cc1. The van der Waals surface area contributed by atoms with Gasteiger partial charge in [0, 0.05) is 11.8 Å². The number of aliphatic hydroxyl groups excluding tert-OH is 1. The van der Waals surface area contributed by atoms with Gasteiger partial charge in [-0.2, -0.15) is 0 Å². The van der Waals surface area contributed by atoms with E-state index in [0.29, 0.717) is 0 Å². The number of amides is 1. The van der Waals surface area contributed by atoms with Crippen molar-refractivity contribution in [2.45, 2.75) is 68.0 Å². The Morgan fingerprint density at radius 2 is 1.81 bits per heavy atom. The number of hydrogen-bond acceptors (Lipinski definition) is 5. The number of benzene rings is 1. The van der Waals surface area contributed by atoms with Crippen LogP contribution in [0, 0.1) is 18.8 Å². The molecule has 142 valence electrons. The van der Waals surface area contributed by atoms with E-state index in [-0.39, 0.29) is 10.8 Å². The van der Waals surface area contributed by atoms with Crippen molar-refractivity contribution in [2.75, 3.05) is 0 Å². The molecule has 2 aliphatic heterocycles. The Balaban J connectivity index is 1.74. The number of carbonyl (C=O) groups excluding carboxylic acids is 1. The summed E-state index contributed by atoms with van der Waals surface area (Å²) in [5.41, 5.74) is 0.305. The van der Waals surface area contributed by atoms with Crippen LogP contribution in [0.1, 0.15) is 33.3 Å². The maximum absolute atomic E-state index is 13.5. The first-order valence-corrected chi connectivity index (χ1v) is 10.4. The molecule has 7 heteroatoms. The topological polar surface area (TPSA) is 83.9 Å². The van der Waals surface area contributed by atoms with Crippen LogP contribution in [0.25, 0.3) is 0 Å². The van der Waals surface area contributed by atoms with Gasteiger partial charge in [0.1, 0.15) is 10.3 Å². The molecular weight excluding hydrogens is 354 g/mol. The lowest BCUT2D eigenvalue weighted by Crippen LogP contribution is -2.43. The molecule has 1 aromatic carbocycles. The van der Waals surface area contributed by atoms with E-state index in [9.17, 15) is 18.3 Å². The van der Waals surface area contributed by atoms with Crippen molar-refractivity contribution in [1.29, 1.82) is 0 Å². The van der Waals surface area contributed by atoms with Crippen LogP contribution in [-0.4, -0.2) is 53.1 Å². The third-order valence-electron chi connectivity index (χ3n) is 6.18. The lowest BCUT2D eigenvalue weighted by atomic mass is 10.0. The van der Waals surface area contributed by atoms with Gasteiger partial charge in [-0.1, -0.05) is 24.6 Å². The molecule has 2 heterocycles. The zero-order valence-electron chi connectivity index (χ0n) is 15.6. The highest BCUT2D eigenvalue weighted by atomic mass is 32.2. The average molecular weight is 379 g/mol. The van der Waals surface area contributed by atoms with Crippen LogP contribution in [0.15, 0.2) is 29.2 Å². The second-order valence-corrected chi connectivity index (χ2v) is 11.0. The van der Waals surface area contributed by atoms with Gasteiger partial charge in [-0.3, -0.25) is 4.90 Å². The largest absolute Gasteiger partial charge is 0.444 e. The van der Waals surface area contributed by atoms with Gasteiger partial charge in [0.15, 0.2) is 9.84 Å². The first-order valence-electron chi connectivity index (χ1n) is 8.95. The minimum Gasteiger partial charge on any atom is -0.444 e. The molecule has 1 amide bonds. The van der Waals surface area contributed by atoms with E-state index in [1.807, 2.05) is 13.8 Å². The second-order valence-electron chi connectivity index (χ2n) is 8.80. The Bertz CT molecular complexity index is 868. The Hall–Kier alpha value is -1.60. The van der Waals surface area contributed by atoms with Crippen molar-refractivity contribution in [1.82, 2.24) is 4.90 Å². The Kier molecular flexibility index (Phi) is 3.43. The minimum atomic E-state index is -3.69. The number of piperidine rings is 2. The predicted molar refractivity (Wildman–Crippen MR) is 95.4 cm³/mol. The summed E-state index contributed by atoms with van der Waals surface area (Å²) < 4.78 is 31.3. The van der Waals surface area contributed by atoms with Crippen molar-refractivity contribution < 1.29 is 23.1 Å². The summed E-state index contributed by atoms with van der Waals surface area (Å²) in [5, 5.41) is 10.6. The third kappa shape index (κ3) is 1.96.